The molecule has 0 saturated heterocycles. The number of nitrogens with one attached hydrogen (secondary N) is 2. The van der Waals surface area contributed by atoms with Crippen LogP contribution in [-0.4, -0.2) is 27.5 Å². The maximum atomic E-state index is 13.1. The highest BCUT2D eigenvalue weighted by atomic mass is 35.5. The van der Waals surface area contributed by atoms with Gasteiger partial charge in [-0.25, -0.2) is 12.8 Å². The number of carbonyl (C=O) groups excluding carboxylic acids is 1. The Labute approximate surface area is 182 Å². The molecular weight excluding hydrogens is 447 g/mol. The summed E-state index contributed by atoms with van der Waals surface area (Å²) in [5.41, 5.74) is 0.676. The summed E-state index contributed by atoms with van der Waals surface area (Å²) in [6.07, 6.45) is 0. The molecule has 0 fully saturated rings. The van der Waals surface area contributed by atoms with Gasteiger partial charge >= 0.3 is 0 Å². The molecule has 0 bridgehead atoms. The molecule has 1 aliphatic rings. The lowest BCUT2D eigenvalue weighted by molar-refractivity contribution is 0.102. The first-order chi connectivity index (χ1) is 14.8. The van der Waals surface area contributed by atoms with E-state index in [0.29, 0.717) is 30.4 Å². The van der Waals surface area contributed by atoms with E-state index in [2.05, 4.69) is 10.0 Å². The fraction of sp³-hybridized carbons (Fsp3) is 0.0952. The van der Waals surface area contributed by atoms with E-state index in [1.807, 2.05) is 0 Å². The maximum Gasteiger partial charge on any atom is 0.261 e. The van der Waals surface area contributed by atoms with Crippen molar-refractivity contribution in [2.75, 3.05) is 23.3 Å². The summed E-state index contributed by atoms with van der Waals surface area (Å²) >= 11 is 6.11. The van der Waals surface area contributed by atoms with Crippen molar-refractivity contribution in [2.45, 2.75) is 4.90 Å². The molecule has 0 atom stereocenters. The van der Waals surface area contributed by atoms with E-state index >= 15 is 0 Å². The normalized spacial score (nSPS) is 12.8. The number of ether oxygens (including phenoxy) is 2. The topological polar surface area (TPSA) is 93.7 Å². The average Bonchev–Trinajstić information content (AvgIpc) is 2.75. The fourth-order valence-corrected chi connectivity index (χ4v) is 4.18. The van der Waals surface area contributed by atoms with Gasteiger partial charge in [0.05, 0.1) is 15.6 Å². The molecule has 0 saturated carbocycles. The van der Waals surface area contributed by atoms with Crippen molar-refractivity contribution >= 4 is 38.9 Å². The second-order valence-corrected chi connectivity index (χ2v) is 8.66. The zero-order valence-corrected chi connectivity index (χ0v) is 17.5. The second kappa shape index (κ2) is 8.44. The highest BCUT2D eigenvalue weighted by Gasteiger charge is 2.18. The summed E-state index contributed by atoms with van der Waals surface area (Å²) < 4.78 is 51.5. The Morgan fingerprint density at radius 3 is 2.39 bits per heavy atom. The highest BCUT2D eigenvalue weighted by molar-refractivity contribution is 7.92. The largest absolute Gasteiger partial charge is 0.486 e. The summed E-state index contributed by atoms with van der Waals surface area (Å²) in [4.78, 5) is 12.5. The van der Waals surface area contributed by atoms with Crippen LogP contribution in [0.2, 0.25) is 5.02 Å². The van der Waals surface area contributed by atoms with Gasteiger partial charge in [-0.3, -0.25) is 9.52 Å². The molecule has 3 aromatic carbocycles. The van der Waals surface area contributed by atoms with Gasteiger partial charge in [-0.2, -0.15) is 0 Å². The number of fused-ring (bicyclic) bond motifs is 1. The molecule has 31 heavy (non-hydrogen) atoms. The molecule has 0 spiro atoms. The third kappa shape index (κ3) is 4.73. The smallest absolute Gasteiger partial charge is 0.261 e. The Hall–Kier alpha value is -3.30. The van der Waals surface area contributed by atoms with Gasteiger partial charge in [-0.1, -0.05) is 11.6 Å². The molecule has 0 aliphatic carbocycles. The lowest BCUT2D eigenvalue weighted by atomic mass is 10.2. The molecule has 0 unspecified atom stereocenters. The molecular formula is C21H16ClFN2O5S. The van der Waals surface area contributed by atoms with Crippen molar-refractivity contribution in [3.8, 4) is 11.5 Å². The number of benzene rings is 3. The van der Waals surface area contributed by atoms with E-state index in [1.165, 1.54) is 18.2 Å². The molecule has 4 rings (SSSR count). The Bertz CT molecular complexity index is 1250. The minimum Gasteiger partial charge on any atom is -0.486 e. The van der Waals surface area contributed by atoms with E-state index in [0.717, 1.165) is 24.3 Å². The average molecular weight is 463 g/mol. The van der Waals surface area contributed by atoms with E-state index in [4.69, 9.17) is 21.1 Å². The predicted molar refractivity (Wildman–Crippen MR) is 114 cm³/mol. The molecule has 0 radical (unpaired) electrons. The molecule has 7 nitrogen and oxygen atoms in total. The summed E-state index contributed by atoms with van der Waals surface area (Å²) in [5.74, 6) is 0.0755. The van der Waals surface area contributed by atoms with E-state index in [9.17, 15) is 17.6 Å². The van der Waals surface area contributed by atoms with Crippen LogP contribution in [-0.2, 0) is 10.0 Å². The fourth-order valence-electron chi connectivity index (χ4n) is 2.89. The van der Waals surface area contributed by atoms with Gasteiger partial charge < -0.3 is 14.8 Å². The number of sulfonamides is 1. The first-order valence-electron chi connectivity index (χ1n) is 9.11. The van der Waals surface area contributed by atoms with Crippen LogP contribution in [0.25, 0.3) is 0 Å². The maximum absolute atomic E-state index is 13.1. The molecule has 0 aromatic heterocycles. The van der Waals surface area contributed by atoms with Crippen LogP contribution in [0.1, 0.15) is 10.4 Å². The molecule has 3 aromatic rings. The van der Waals surface area contributed by atoms with E-state index in [1.54, 1.807) is 18.2 Å². The molecule has 1 aliphatic heterocycles. The van der Waals surface area contributed by atoms with Gasteiger partial charge in [0.25, 0.3) is 15.9 Å². The first kappa shape index (κ1) is 21.0. The predicted octanol–water partition coefficient (Wildman–Crippen LogP) is 4.30. The second-order valence-electron chi connectivity index (χ2n) is 6.57. The van der Waals surface area contributed by atoms with Crippen LogP contribution >= 0.6 is 11.6 Å². The Balaban J connectivity index is 1.54. The molecule has 160 valence electrons. The van der Waals surface area contributed by atoms with Crippen molar-refractivity contribution in [1.29, 1.82) is 0 Å². The number of carbonyl (C=O) groups is 1. The lowest BCUT2D eigenvalue weighted by Crippen LogP contribution is -2.17. The van der Waals surface area contributed by atoms with Crippen LogP contribution in [0.5, 0.6) is 11.5 Å². The van der Waals surface area contributed by atoms with Gasteiger partial charge in [0.1, 0.15) is 19.0 Å². The molecule has 1 heterocycles. The van der Waals surface area contributed by atoms with Crippen molar-refractivity contribution in [1.82, 2.24) is 0 Å². The van der Waals surface area contributed by atoms with E-state index in [-0.39, 0.29) is 21.2 Å². The van der Waals surface area contributed by atoms with Crippen LogP contribution in [0, 0.1) is 5.82 Å². The number of rotatable bonds is 5. The summed E-state index contributed by atoms with van der Waals surface area (Å²) in [7, 11) is -4.03. The van der Waals surface area contributed by atoms with Crippen LogP contribution in [0.3, 0.4) is 0 Å². The zero-order chi connectivity index (χ0) is 22.0. The van der Waals surface area contributed by atoms with Crippen molar-refractivity contribution < 1.29 is 27.1 Å². The molecule has 1 amide bonds. The van der Waals surface area contributed by atoms with Crippen molar-refractivity contribution in [2.24, 2.45) is 0 Å². The number of anilines is 2. The van der Waals surface area contributed by atoms with Gasteiger partial charge in [0.2, 0.25) is 0 Å². The zero-order valence-electron chi connectivity index (χ0n) is 15.9. The third-order valence-corrected chi connectivity index (χ3v) is 6.11. The summed E-state index contributed by atoms with van der Waals surface area (Å²) in [6, 6.07) is 13.5. The van der Waals surface area contributed by atoms with Crippen LogP contribution in [0.4, 0.5) is 15.8 Å². The molecule has 2 N–H and O–H groups in total. The van der Waals surface area contributed by atoms with Gasteiger partial charge in [-0.15, -0.1) is 0 Å². The van der Waals surface area contributed by atoms with E-state index < -0.39 is 21.7 Å². The standard InChI is InChI=1S/C21H16ClFN2O5S/c22-17-7-1-13(11-18(17)25-31(27,28)16-5-2-14(23)3-6-16)21(26)24-15-4-8-19-20(12-15)30-10-9-29-19/h1-8,11-12,25H,9-10H2,(H,24,26). The Morgan fingerprint density at radius 1 is 0.935 bits per heavy atom. The van der Waals surface area contributed by atoms with Crippen molar-refractivity contribution in [3.05, 3.63) is 77.1 Å². The molecule has 10 heteroatoms. The van der Waals surface area contributed by atoms with Crippen molar-refractivity contribution in [3.63, 3.8) is 0 Å². The minimum atomic E-state index is -4.03. The summed E-state index contributed by atoms with van der Waals surface area (Å²) in [6.45, 7) is 0.874. The monoisotopic (exact) mass is 462 g/mol. The van der Waals surface area contributed by atoms with Crippen LogP contribution in [0.15, 0.2) is 65.6 Å². The Kier molecular flexibility index (Phi) is 5.71. The lowest BCUT2D eigenvalue weighted by Gasteiger charge is -2.19. The number of hydrogen-bond donors (Lipinski definition) is 2. The quantitative estimate of drug-likeness (QED) is 0.589. The highest BCUT2D eigenvalue weighted by Crippen LogP contribution is 2.33. The Morgan fingerprint density at radius 2 is 1.65 bits per heavy atom. The van der Waals surface area contributed by atoms with Gasteiger partial charge in [0, 0.05) is 17.3 Å². The van der Waals surface area contributed by atoms with Gasteiger partial charge in [-0.05, 0) is 54.6 Å². The number of hydrogen-bond acceptors (Lipinski definition) is 5. The number of amides is 1. The first-order valence-corrected chi connectivity index (χ1v) is 11.0. The summed E-state index contributed by atoms with van der Waals surface area (Å²) in [5, 5.41) is 2.82. The minimum absolute atomic E-state index is 0.0146. The third-order valence-electron chi connectivity index (χ3n) is 4.40. The van der Waals surface area contributed by atoms with Crippen LogP contribution < -0.4 is 19.5 Å². The van der Waals surface area contributed by atoms with Gasteiger partial charge in [0.15, 0.2) is 11.5 Å². The SMILES string of the molecule is O=C(Nc1ccc2c(c1)OCCO2)c1ccc(Cl)c(NS(=O)(=O)c2ccc(F)cc2)c1. The number of halogens is 2.